The molecule has 3 aliphatic rings. The van der Waals surface area contributed by atoms with Gasteiger partial charge in [-0.3, -0.25) is 4.79 Å². The minimum atomic E-state index is -0.400. The van der Waals surface area contributed by atoms with Crippen molar-refractivity contribution in [3.05, 3.63) is 66.2 Å². The van der Waals surface area contributed by atoms with Gasteiger partial charge in [0.15, 0.2) is 0 Å². The van der Waals surface area contributed by atoms with Crippen molar-refractivity contribution in [3.8, 4) is 0 Å². The van der Waals surface area contributed by atoms with Crippen molar-refractivity contribution in [2.45, 2.75) is 88.8 Å². The summed E-state index contributed by atoms with van der Waals surface area (Å²) >= 11 is 0. The summed E-state index contributed by atoms with van der Waals surface area (Å²) < 4.78 is 0. The summed E-state index contributed by atoms with van der Waals surface area (Å²) in [6, 6.07) is 21.8. The van der Waals surface area contributed by atoms with Crippen LogP contribution in [0.2, 0.25) is 0 Å². The van der Waals surface area contributed by atoms with Gasteiger partial charge in [-0.2, -0.15) is 0 Å². The fourth-order valence-corrected chi connectivity index (χ4v) is 6.54. The topological polar surface area (TPSA) is 26.8 Å². The van der Waals surface area contributed by atoms with Crippen molar-refractivity contribution in [1.82, 2.24) is 9.80 Å². The first-order valence-corrected chi connectivity index (χ1v) is 13.7. The molecule has 0 aromatic heterocycles. The molecule has 4 nitrogen and oxygen atoms in total. The first kappa shape index (κ1) is 23.4. The lowest BCUT2D eigenvalue weighted by Gasteiger charge is -2.45. The lowest BCUT2D eigenvalue weighted by atomic mass is 9.84. The molecule has 2 heterocycles. The standard InChI is InChI=1S/C30H41N3O/c34-29-30(20-22-31(23-21-30)27-16-10-4-2-1-3-5-11-17-27)33(28-18-12-7-13-19-28)25-32(29)24-26-14-8-6-9-15-26/h6-9,12-15,18-19,27H,1-5,10-11,16-17,20-25H2. The molecule has 2 aromatic carbocycles. The second-order valence-corrected chi connectivity index (χ2v) is 10.7. The van der Waals surface area contributed by atoms with Crippen LogP contribution in [-0.2, 0) is 11.3 Å². The molecule has 1 amide bonds. The molecule has 0 unspecified atom stereocenters. The van der Waals surface area contributed by atoms with Gasteiger partial charge in [-0.15, -0.1) is 0 Å². The van der Waals surface area contributed by atoms with E-state index in [9.17, 15) is 4.79 Å². The highest BCUT2D eigenvalue weighted by Crippen LogP contribution is 2.41. The lowest BCUT2D eigenvalue weighted by molar-refractivity contribution is -0.134. The van der Waals surface area contributed by atoms with Crippen LogP contribution in [0.25, 0.3) is 0 Å². The molecule has 3 fully saturated rings. The third-order valence-corrected chi connectivity index (χ3v) is 8.51. The highest BCUT2D eigenvalue weighted by atomic mass is 16.2. The van der Waals surface area contributed by atoms with Crippen LogP contribution in [0, 0.1) is 0 Å². The molecule has 2 saturated heterocycles. The van der Waals surface area contributed by atoms with Crippen LogP contribution in [0.4, 0.5) is 5.69 Å². The first-order valence-electron chi connectivity index (χ1n) is 13.7. The molecule has 2 aliphatic heterocycles. The van der Waals surface area contributed by atoms with Gasteiger partial charge in [0.25, 0.3) is 0 Å². The third kappa shape index (κ3) is 5.02. The Morgan fingerprint density at radius 2 is 1.29 bits per heavy atom. The normalized spacial score (nSPS) is 22.9. The van der Waals surface area contributed by atoms with Crippen molar-refractivity contribution >= 4 is 11.6 Å². The molecule has 0 radical (unpaired) electrons. The van der Waals surface area contributed by atoms with Crippen LogP contribution in [-0.4, -0.2) is 47.0 Å². The summed E-state index contributed by atoms with van der Waals surface area (Å²) in [6.07, 6.45) is 14.3. The molecule has 0 atom stereocenters. The van der Waals surface area contributed by atoms with Gasteiger partial charge in [-0.1, -0.05) is 93.5 Å². The molecule has 34 heavy (non-hydrogen) atoms. The molecule has 2 aromatic rings. The monoisotopic (exact) mass is 459 g/mol. The predicted molar refractivity (Wildman–Crippen MR) is 140 cm³/mol. The molecular formula is C30H41N3O. The van der Waals surface area contributed by atoms with E-state index in [0.29, 0.717) is 25.2 Å². The maximum absolute atomic E-state index is 14.0. The zero-order valence-electron chi connectivity index (χ0n) is 20.7. The number of hydrogen-bond acceptors (Lipinski definition) is 3. The fourth-order valence-electron chi connectivity index (χ4n) is 6.54. The van der Waals surface area contributed by atoms with E-state index in [-0.39, 0.29) is 0 Å². The number of nitrogens with zero attached hydrogens (tertiary/aromatic N) is 3. The fraction of sp³-hybridized carbons (Fsp3) is 0.567. The number of likely N-dealkylation sites (tertiary alicyclic amines) is 1. The smallest absolute Gasteiger partial charge is 0.250 e. The van der Waals surface area contributed by atoms with Gasteiger partial charge in [0.2, 0.25) is 5.91 Å². The van der Waals surface area contributed by atoms with E-state index in [1.807, 2.05) is 6.07 Å². The Balaban J connectivity index is 1.33. The average Bonchev–Trinajstić information content (AvgIpc) is 3.15. The van der Waals surface area contributed by atoms with Crippen LogP contribution in [0.5, 0.6) is 0 Å². The molecule has 4 heteroatoms. The van der Waals surface area contributed by atoms with E-state index in [4.69, 9.17) is 0 Å². The summed E-state index contributed by atoms with van der Waals surface area (Å²) in [5.41, 5.74) is 1.99. The van der Waals surface area contributed by atoms with Crippen LogP contribution in [0.3, 0.4) is 0 Å². The zero-order valence-corrected chi connectivity index (χ0v) is 20.7. The third-order valence-electron chi connectivity index (χ3n) is 8.51. The van der Waals surface area contributed by atoms with Gasteiger partial charge in [0, 0.05) is 31.4 Å². The van der Waals surface area contributed by atoms with Gasteiger partial charge in [-0.05, 0) is 43.4 Å². The number of carbonyl (C=O) groups is 1. The van der Waals surface area contributed by atoms with Crippen LogP contribution in [0.1, 0.15) is 76.2 Å². The Kier molecular flexibility index (Phi) is 7.54. The number of anilines is 1. The van der Waals surface area contributed by atoms with Gasteiger partial charge in [0.1, 0.15) is 5.54 Å². The van der Waals surface area contributed by atoms with Gasteiger partial charge < -0.3 is 14.7 Å². The van der Waals surface area contributed by atoms with Crippen LogP contribution >= 0.6 is 0 Å². The van der Waals surface area contributed by atoms with Gasteiger partial charge in [0.05, 0.1) is 6.67 Å². The van der Waals surface area contributed by atoms with E-state index in [0.717, 1.165) is 25.9 Å². The number of benzene rings is 2. The van der Waals surface area contributed by atoms with Crippen LogP contribution in [0.15, 0.2) is 60.7 Å². The van der Waals surface area contributed by atoms with Gasteiger partial charge in [-0.25, -0.2) is 0 Å². The molecular weight excluding hydrogens is 418 g/mol. The Morgan fingerprint density at radius 1 is 0.735 bits per heavy atom. The Labute approximate surface area is 205 Å². The summed E-state index contributed by atoms with van der Waals surface area (Å²) in [5, 5.41) is 0. The number of carbonyl (C=O) groups excluding carboxylic acids is 1. The Morgan fingerprint density at radius 3 is 1.91 bits per heavy atom. The maximum atomic E-state index is 14.0. The average molecular weight is 460 g/mol. The quantitative estimate of drug-likeness (QED) is 0.543. The first-order chi connectivity index (χ1) is 16.8. The number of piperidine rings is 1. The molecule has 182 valence electrons. The molecule has 5 rings (SSSR count). The van der Waals surface area contributed by atoms with Crippen molar-refractivity contribution in [3.63, 3.8) is 0 Å². The van der Waals surface area contributed by atoms with Crippen molar-refractivity contribution in [2.75, 3.05) is 24.7 Å². The minimum Gasteiger partial charge on any atom is -0.339 e. The summed E-state index contributed by atoms with van der Waals surface area (Å²) in [5.74, 6) is 0.325. The second-order valence-electron chi connectivity index (χ2n) is 10.7. The molecule has 1 saturated carbocycles. The van der Waals surface area contributed by atoms with Gasteiger partial charge >= 0.3 is 0 Å². The molecule has 0 bridgehead atoms. The van der Waals surface area contributed by atoms with E-state index < -0.39 is 5.54 Å². The Bertz CT molecular complexity index is 897. The molecule has 0 N–H and O–H groups in total. The highest BCUT2D eigenvalue weighted by Gasteiger charge is 2.53. The highest BCUT2D eigenvalue weighted by molar-refractivity contribution is 5.93. The van der Waals surface area contributed by atoms with E-state index >= 15 is 0 Å². The number of rotatable bonds is 4. The number of amides is 1. The van der Waals surface area contributed by atoms with E-state index in [1.54, 1.807) is 0 Å². The maximum Gasteiger partial charge on any atom is 0.250 e. The summed E-state index contributed by atoms with van der Waals surface area (Å²) in [7, 11) is 0. The van der Waals surface area contributed by atoms with Crippen molar-refractivity contribution < 1.29 is 4.79 Å². The summed E-state index contributed by atoms with van der Waals surface area (Å²) in [4.78, 5) is 21.2. The number of hydrogen-bond donors (Lipinski definition) is 0. The number of para-hydroxylation sites is 1. The molecule has 1 spiro atoms. The van der Waals surface area contributed by atoms with Crippen molar-refractivity contribution in [2.24, 2.45) is 0 Å². The largest absolute Gasteiger partial charge is 0.339 e. The van der Waals surface area contributed by atoms with Crippen LogP contribution < -0.4 is 4.90 Å². The SMILES string of the molecule is O=C1N(Cc2ccccc2)CN(c2ccccc2)C12CCN(C1CCCCCCCCC1)CC2. The Hall–Kier alpha value is -2.33. The van der Waals surface area contributed by atoms with Crippen molar-refractivity contribution in [1.29, 1.82) is 0 Å². The molecule has 1 aliphatic carbocycles. The summed E-state index contributed by atoms with van der Waals surface area (Å²) in [6.45, 7) is 3.45. The second kappa shape index (κ2) is 10.9. The van der Waals surface area contributed by atoms with E-state index in [2.05, 4.69) is 69.3 Å². The lowest BCUT2D eigenvalue weighted by Crippen LogP contribution is -2.58. The minimum absolute atomic E-state index is 0.325. The van der Waals surface area contributed by atoms with E-state index in [1.165, 1.54) is 69.0 Å². The predicted octanol–water partition coefficient (Wildman–Crippen LogP) is 6.22. The zero-order chi connectivity index (χ0) is 23.2.